The lowest BCUT2D eigenvalue weighted by atomic mass is 9.92. The molecule has 1 fully saturated rings. The van der Waals surface area contributed by atoms with Crippen molar-refractivity contribution in [3.63, 3.8) is 0 Å². The molecule has 0 bridgehead atoms. The Morgan fingerprint density at radius 2 is 2.33 bits per heavy atom. The van der Waals surface area contributed by atoms with Gasteiger partial charge in [0.05, 0.1) is 5.92 Å². The lowest BCUT2D eigenvalue weighted by Crippen LogP contribution is -2.29. The van der Waals surface area contributed by atoms with Gasteiger partial charge in [0.2, 0.25) is 4.33 Å². The number of halogens is 2. The van der Waals surface area contributed by atoms with Crippen molar-refractivity contribution >= 4 is 29.2 Å². The van der Waals surface area contributed by atoms with E-state index in [4.69, 9.17) is 27.9 Å². The Kier molecular flexibility index (Phi) is 1.85. The minimum absolute atomic E-state index is 0.113. The summed E-state index contributed by atoms with van der Waals surface area (Å²) in [7, 11) is 0. The van der Waals surface area contributed by atoms with Crippen LogP contribution in [-0.2, 0) is 9.53 Å². The summed E-state index contributed by atoms with van der Waals surface area (Å²) in [5.41, 5.74) is 0. The summed E-state index contributed by atoms with van der Waals surface area (Å²) in [6.07, 6.45) is 5.51. The van der Waals surface area contributed by atoms with E-state index in [9.17, 15) is 4.79 Å². The standard InChI is InChI=1S/C8H8Cl2O2/c9-8(10)5-3-1-2-4-6(5)12-7(8)11/h1,3,5-6H,2,4H2/t5-,6+/m0/s1. The van der Waals surface area contributed by atoms with Gasteiger partial charge in [0, 0.05) is 0 Å². The van der Waals surface area contributed by atoms with Crippen molar-refractivity contribution in [2.45, 2.75) is 23.3 Å². The second-order valence-corrected chi connectivity index (χ2v) is 4.48. The van der Waals surface area contributed by atoms with Crippen LogP contribution in [0.4, 0.5) is 0 Å². The van der Waals surface area contributed by atoms with Gasteiger partial charge in [-0.2, -0.15) is 0 Å². The molecule has 1 aliphatic carbocycles. The minimum atomic E-state index is -1.36. The summed E-state index contributed by atoms with van der Waals surface area (Å²) in [4.78, 5) is 11.1. The van der Waals surface area contributed by atoms with E-state index in [1.807, 2.05) is 12.2 Å². The number of fused-ring (bicyclic) bond motifs is 1. The summed E-state index contributed by atoms with van der Waals surface area (Å²) in [6.45, 7) is 0. The summed E-state index contributed by atoms with van der Waals surface area (Å²) in [6, 6.07) is 0. The predicted molar refractivity (Wildman–Crippen MR) is 46.2 cm³/mol. The summed E-state index contributed by atoms with van der Waals surface area (Å²) in [5, 5.41) is 0. The smallest absolute Gasteiger partial charge is 0.343 e. The molecule has 0 spiro atoms. The third kappa shape index (κ3) is 1.05. The maximum absolute atomic E-state index is 11.1. The highest BCUT2D eigenvalue weighted by atomic mass is 35.5. The van der Waals surface area contributed by atoms with Gasteiger partial charge in [-0.05, 0) is 12.8 Å². The molecule has 2 rings (SSSR count). The highest BCUT2D eigenvalue weighted by Crippen LogP contribution is 2.45. The van der Waals surface area contributed by atoms with Gasteiger partial charge in [-0.25, -0.2) is 4.79 Å². The van der Waals surface area contributed by atoms with E-state index in [2.05, 4.69) is 0 Å². The predicted octanol–water partition coefficient (Wildman–Crippen LogP) is 2.05. The zero-order valence-corrected chi connectivity index (χ0v) is 7.81. The molecule has 0 unspecified atom stereocenters. The van der Waals surface area contributed by atoms with Crippen LogP contribution in [0.15, 0.2) is 12.2 Å². The second-order valence-electron chi connectivity index (χ2n) is 3.10. The van der Waals surface area contributed by atoms with Gasteiger partial charge in [-0.3, -0.25) is 0 Å². The highest BCUT2D eigenvalue weighted by molar-refractivity contribution is 6.58. The topological polar surface area (TPSA) is 26.3 Å². The minimum Gasteiger partial charge on any atom is -0.459 e. The molecule has 0 radical (unpaired) electrons. The van der Waals surface area contributed by atoms with Crippen molar-refractivity contribution in [1.29, 1.82) is 0 Å². The Labute approximate surface area is 80.5 Å². The first-order valence-corrected chi connectivity index (χ1v) is 4.63. The molecular formula is C8H8Cl2O2. The van der Waals surface area contributed by atoms with E-state index in [0.717, 1.165) is 12.8 Å². The molecule has 2 aliphatic rings. The molecule has 1 saturated heterocycles. The van der Waals surface area contributed by atoms with Gasteiger partial charge in [0.15, 0.2) is 0 Å². The molecule has 4 heteroatoms. The monoisotopic (exact) mass is 206 g/mol. The molecule has 0 aromatic rings. The van der Waals surface area contributed by atoms with Crippen molar-refractivity contribution in [2.75, 3.05) is 0 Å². The van der Waals surface area contributed by atoms with Crippen molar-refractivity contribution in [3.8, 4) is 0 Å². The Bertz CT molecular complexity index is 247. The van der Waals surface area contributed by atoms with Gasteiger partial charge in [0.25, 0.3) is 0 Å². The number of hydrogen-bond acceptors (Lipinski definition) is 2. The van der Waals surface area contributed by atoms with Crippen LogP contribution in [-0.4, -0.2) is 16.4 Å². The van der Waals surface area contributed by atoms with Crippen LogP contribution in [0.1, 0.15) is 12.8 Å². The van der Waals surface area contributed by atoms with Gasteiger partial charge in [-0.15, -0.1) is 0 Å². The largest absolute Gasteiger partial charge is 0.459 e. The molecule has 1 heterocycles. The van der Waals surface area contributed by atoms with E-state index in [0.29, 0.717) is 0 Å². The van der Waals surface area contributed by atoms with Gasteiger partial charge >= 0.3 is 5.97 Å². The molecule has 2 atom stereocenters. The molecule has 12 heavy (non-hydrogen) atoms. The number of alkyl halides is 2. The first-order valence-electron chi connectivity index (χ1n) is 3.88. The number of rotatable bonds is 0. The fraction of sp³-hybridized carbons (Fsp3) is 0.625. The van der Waals surface area contributed by atoms with Crippen LogP contribution in [0.2, 0.25) is 0 Å². The summed E-state index contributed by atoms with van der Waals surface area (Å²) >= 11 is 11.7. The second kappa shape index (κ2) is 2.64. The SMILES string of the molecule is O=C1O[C@@H]2CCC=C[C@@H]2C1(Cl)Cl. The number of carbonyl (C=O) groups is 1. The lowest BCUT2D eigenvalue weighted by molar-refractivity contribution is -0.142. The number of esters is 1. The first-order chi connectivity index (χ1) is 5.62. The molecule has 2 nitrogen and oxygen atoms in total. The molecule has 0 amide bonds. The zero-order chi connectivity index (χ0) is 8.77. The maximum Gasteiger partial charge on any atom is 0.343 e. The molecule has 0 aromatic heterocycles. The molecular weight excluding hydrogens is 199 g/mol. The van der Waals surface area contributed by atoms with Crippen molar-refractivity contribution in [1.82, 2.24) is 0 Å². The normalized spacial score (nSPS) is 37.7. The van der Waals surface area contributed by atoms with E-state index < -0.39 is 10.3 Å². The average molecular weight is 207 g/mol. The Balaban J connectivity index is 2.32. The van der Waals surface area contributed by atoms with E-state index in [1.54, 1.807) is 0 Å². The van der Waals surface area contributed by atoms with E-state index >= 15 is 0 Å². The summed E-state index contributed by atoms with van der Waals surface area (Å²) < 4.78 is 3.67. The molecule has 66 valence electrons. The molecule has 1 aliphatic heterocycles. The molecule has 0 saturated carbocycles. The first kappa shape index (κ1) is 8.39. The summed E-state index contributed by atoms with van der Waals surface area (Å²) in [5.74, 6) is -0.672. The fourth-order valence-electron chi connectivity index (χ4n) is 1.65. The number of hydrogen-bond donors (Lipinski definition) is 0. The number of allylic oxidation sites excluding steroid dienone is 1. The molecule has 0 N–H and O–H groups in total. The lowest BCUT2D eigenvalue weighted by Gasteiger charge is -2.21. The van der Waals surface area contributed by atoms with Crippen LogP contribution in [0.5, 0.6) is 0 Å². The van der Waals surface area contributed by atoms with Crippen LogP contribution in [0, 0.1) is 5.92 Å². The van der Waals surface area contributed by atoms with Crippen molar-refractivity contribution < 1.29 is 9.53 Å². The molecule has 0 aromatic carbocycles. The Morgan fingerprint density at radius 1 is 1.58 bits per heavy atom. The van der Waals surface area contributed by atoms with Gasteiger partial charge in [0.1, 0.15) is 6.10 Å². The number of carbonyl (C=O) groups excluding carboxylic acids is 1. The van der Waals surface area contributed by atoms with E-state index in [1.165, 1.54) is 0 Å². The fourth-order valence-corrected chi connectivity index (χ4v) is 2.16. The van der Waals surface area contributed by atoms with Crippen LogP contribution in [0.25, 0.3) is 0 Å². The number of ether oxygens (including phenoxy) is 1. The van der Waals surface area contributed by atoms with Gasteiger partial charge in [-0.1, -0.05) is 35.4 Å². The van der Waals surface area contributed by atoms with Crippen molar-refractivity contribution in [2.24, 2.45) is 5.92 Å². The average Bonchev–Trinajstić information content (AvgIpc) is 2.25. The van der Waals surface area contributed by atoms with Crippen LogP contribution < -0.4 is 0 Å². The quantitative estimate of drug-likeness (QED) is 0.345. The Morgan fingerprint density at radius 3 is 3.00 bits per heavy atom. The third-order valence-electron chi connectivity index (χ3n) is 2.31. The van der Waals surface area contributed by atoms with Crippen LogP contribution in [0.3, 0.4) is 0 Å². The third-order valence-corrected chi connectivity index (χ3v) is 3.12. The highest BCUT2D eigenvalue weighted by Gasteiger charge is 2.54. The Hall–Kier alpha value is -0.210. The van der Waals surface area contributed by atoms with Crippen LogP contribution >= 0.6 is 23.2 Å². The van der Waals surface area contributed by atoms with Gasteiger partial charge < -0.3 is 4.74 Å². The zero-order valence-electron chi connectivity index (χ0n) is 6.30. The van der Waals surface area contributed by atoms with Crippen molar-refractivity contribution in [3.05, 3.63) is 12.2 Å². The van der Waals surface area contributed by atoms with E-state index in [-0.39, 0.29) is 12.0 Å². The maximum atomic E-state index is 11.1.